The fourth-order valence-corrected chi connectivity index (χ4v) is 3.92. The summed E-state index contributed by atoms with van der Waals surface area (Å²) in [7, 11) is 0. The normalized spacial score (nSPS) is 20.6. The Morgan fingerprint density at radius 1 is 1.22 bits per heavy atom. The van der Waals surface area contributed by atoms with Gasteiger partial charge in [-0.05, 0) is 31.0 Å². The number of halogens is 2. The van der Waals surface area contributed by atoms with Crippen LogP contribution >= 0.6 is 11.6 Å². The highest BCUT2D eigenvalue weighted by Crippen LogP contribution is 2.28. The number of anilines is 1. The van der Waals surface area contributed by atoms with E-state index >= 15 is 0 Å². The Morgan fingerprint density at radius 3 is 2.67 bits per heavy atom. The van der Waals surface area contributed by atoms with E-state index in [2.05, 4.69) is 10.6 Å². The lowest BCUT2D eigenvalue weighted by Gasteiger charge is -2.31. The van der Waals surface area contributed by atoms with Gasteiger partial charge in [0.05, 0.1) is 17.5 Å². The second kappa shape index (κ2) is 8.69. The van der Waals surface area contributed by atoms with Gasteiger partial charge in [-0.15, -0.1) is 0 Å². The van der Waals surface area contributed by atoms with Crippen LogP contribution in [0.25, 0.3) is 0 Å². The summed E-state index contributed by atoms with van der Waals surface area (Å²) in [4.78, 5) is 38.4. The number of amides is 3. The van der Waals surface area contributed by atoms with E-state index in [1.165, 1.54) is 18.6 Å². The lowest BCUT2D eigenvalue weighted by atomic mass is 9.94. The number of nitrogens with zero attached hydrogens (tertiary/aromatic N) is 1. The molecule has 0 aromatic heterocycles. The number of rotatable bonds is 5. The summed E-state index contributed by atoms with van der Waals surface area (Å²) >= 11 is 5.67. The first-order chi connectivity index (χ1) is 12.9. The zero-order valence-corrected chi connectivity index (χ0v) is 15.7. The van der Waals surface area contributed by atoms with Crippen molar-refractivity contribution in [2.24, 2.45) is 5.92 Å². The first-order valence-corrected chi connectivity index (χ1v) is 9.64. The molecule has 3 rings (SSSR count). The maximum absolute atomic E-state index is 13.1. The monoisotopic (exact) mass is 395 g/mol. The largest absolute Gasteiger partial charge is 0.347 e. The molecule has 1 aromatic rings. The van der Waals surface area contributed by atoms with Gasteiger partial charge in [-0.3, -0.25) is 14.4 Å². The molecule has 1 aliphatic heterocycles. The molecule has 1 aromatic carbocycles. The number of likely N-dealkylation sites (tertiary alicyclic amines) is 1. The van der Waals surface area contributed by atoms with Gasteiger partial charge in [0.1, 0.15) is 5.82 Å². The minimum absolute atomic E-state index is 0.0208. The second-order valence-electron chi connectivity index (χ2n) is 7.13. The summed E-state index contributed by atoms with van der Waals surface area (Å²) in [5.74, 6) is -1.72. The lowest BCUT2D eigenvalue weighted by Crippen LogP contribution is -2.40. The van der Waals surface area contributed by atoms with Crippen molar-refractivity contribution < 1.29 is 18.8 Å². The van der Waals surface area contributed by atoms with Crippen LogP contribution in [-0.4, -0.2) is 41.8 Å². The van der Waals surface area contributed by atoms with Crippen LogP contribution in [0.2, 0.25) is 5.02 Å². The molecule has 1 saturated heterocycles. The number of carbonyl (C=O) groups is 3. The summed E-state index contributed by atoms with van der Waals surface area (Å²) in [5, 5.41) is 5.03. The third-order valence-electron chi connectivity index (χ3n) is 5.17. The molecule has 1 saturated carbocycles. The quantitative estimate of drug-likeness (QED) is 0.804. The van der Waals surface area contributed by atoms with Crippen LogP contribution in [-0.2, 0) is 14.4 Å². The minimum Gasteiger partial charge on any atom is -0.347 e. The van der Waals surface area contributed by atoms with Crippen molar-refractivity contribution in [3.8, 4) is 0 Å². The highest BCUT2D eigenvalue weighted by molar-refractivity contribution is 6.31. The van der Waals surface area contributed by atoms with E-state index in [0.717, 1.165) is 31.7 Å². The van der Waals surface area contributed by atoms with Crippen LogP contribution in [0, 0.1) is 11.7 Å². The molecule has 1 heterocycles. The molecule has 27 heavy (non-hydrogen) atoms. The van der Waals surface area contributed by atoms with Crippen molar-refractivity contribution in [3.05, 3.63) is 29.0 Å². The van der Waals surface area contributed by atoms with E-state index in [0.29, 0.717) is 12.2 Å². The maximum atomic E-state index is 13.1. The molecule has 0 radical (unpaired) electrons. The Bertz CT molecular complexity index is 737. The Balaban J connectivity index is 1.46. The van der Waals surface area contributed by atoms with Gasteiger partial charge in [0.25, 0.3) is 0 Å². The second-order valence-corrected chi connectivity index (χ2v) is 7.54. The topological polar surface area (TPSA) is 78.5 Å². The summed E-state index contributed by atoms with van der Waals surface area (Å²) in [5.41, 5.74) is 0.347. The highest BCUT2D eigenvalue weighted by Gasteiger charge is 2.38. The van der Waals surface area contributed by atoms with E-state index in [9.17, 15) is 18.8 Å². The van der Waals surface area contributed by atoms with Gasteiger partial charge in [-0.1, -0.05) is 30.9 Å². The molecule has 1 aliphatic carbocycles. The van der Waals surface area contributed by atoms with Crippen LogP contribution in [0.5, 0.6) is 0 Å². The minimum atomic E-state index is -0.573. The van der Waals surface area contributed by atoms with Crippen molar-refractivity contribution in [2.45, 2.75) is 44.6 Å². The van der Waals surface area contributed by atoms with Gasteiger partial charge in [-0.2, -0.15) is 0 Å². The fourth-order valence-electron chi connectivity index (χ4n) is 3.74. The van der Waals surface area contributed by atoms with E-state index in [1.54, 1.807) is 0 Å². The maximum Gasteiger partial charge on any atom is 0.243 e. The summed E-state index contributed by atoms with van der Waals surface area (Å²) in [6.45, 7) is 0.201. The van der Waals surface area contributed by atoms with Gasteiger partial charge in [0.15, 0.2) is 0 Å². The third-order valence-corrected chi connectivity index (χ3v) is 5.46. The molecule has 2 N–H and O–H groups in total. The van der Waals surface area contributed by atoms with Crippen LogP contribution in [0.1, 0.15) is 38.5 Å². The van der Waals surface area contributed by atoms with Crippen molar-refractivity contribution in [1.29, 1.82) is 0 Å². The Hall–Kier alpha value is -2.15. The fraction of sp³-hybridized carbons (Fsp3) is 0.526. The van der Waals surface area contributed by atoms with Gasteiger partial charge >= 0.3 is 0 Å². The smallest absolute Gasteiger partial charge is 0.243 e. The number of hydrogen-bond donors (Lipinski definition) is 2. The van der Waals surface area contributed by atoms with Crippen LogP contribution in [0.3, 0.4) is 0 Å². The average molecular weight is 396 g/mol. The molecule has 6 nitrogen and oxygen atoms in total. The lowest BCUT2D eigenvalue weighted by molar-refractivity contribution is -0.130. The molecule has 1 unspecified atom stereocenters. The Morgan fingerprint density at radius 2 is 1.96 bits per heavy atom. The highest BCUT2D eigenvalue weighted by atomic mass is 35.5. The van der Waals surface area contributed by atoms with Crippen molar-refractivity contribution in [1.82, 2.24) is 10.2 Å². The molecule has 0 bridgehead atoms. The van der Waals surface area contributed by atoms with Gasteiger partial charge in [0, 0.05) is 24.7 Å². The summed E-state index contributed by atoms with van der Waals surface area (Å²) in [6, 6.07) is 4.09. The predicted molar refractivity (Wildman–Crippen MR) is 99.7 cm³/mol. The van der Waals surface area contributed by atoms with Crippen molar-refractivity contribution in [2.75, 3.05) is 18.4 Å². The number of hydrogen-bond acceptors (Lipinski definition) is 3. The molecule has 146 valence electrons. The summed E-state index contributed by atoms with van der Waals surface area (Å²) in [6.07, 6.45) is 5.65. The van der Waals surface area contributed by atoms with E-state index < -0.39 is 17.6 Å². The number of carbonyl (C=O) groups excluding carboxylic acids is 3. The molecule has 8 heteroatoms. The van der Waals surface area contributed by atoms with Crippen molar-refractivity contribution in [3.63, 3.8) is 0 Å². The van der Waals surface area contributed by atoms with Gasteiger partial charge in [0.2, 0.25) is 17.7 Å². The molecule has 1 atom stereocenters. The first kappa shape index (κ1) is 19.6. The van der Waals surface area contributed by atoms with Crippen LogP contribution < -0.4 is 10.6 Å². The van der Waals surface area contributed by atoms with Crippen molar-refractivity contribution >= 4 is 35.0 Å². The van der Waals surface area contributed by atoms with E-state index in [1.807, 2.05) is 4.90 Å². The first-order valence-electron chi connectivity index (χ1n) is 9.26. The van der Waals surface area contributed by atoms with Gasteiger partial charge in [-0.25, -0.2) is 4.39 Å². The summed E-state index contributed by atoms with van der Waals surface area (Å²) < 4.78 is 13.1. The Kier molecular flexibility index (Phi) is 6.31. The third kappa shape index (κ3) is 4.97. The average Bonchev–Trinajstić information content (AvgIpc) is 3.05. The van der Waals surface area contributed by atoms with Crippen LogP contribution in [0.15, 0.2) is 18.2 Å². The standard InChI is InChI=1S/C19H23ClFN3O3/c20-15-9-13(6-7-16(15)21)23-17(25)10-22-19(27)12-8-18(26)24(11-12)14-4-2-1-3-5-14/h6-7,9,12,14H,1-5,8,10-11H2,(H,22,27)(H,23,25). The molecular formula is C19H23ClFN3O3. The molecule has 0 spiro atoms. The van der Waals surface area contributed by atoms with E-state index in [-0.39, 0.29) is 35.8 Å². The zero-order chi connectivity index (χ0) is 19.4. The zero-order valence-electron chi connectivity index (χ0n) is 15.0. The SMILES string of the molecule is O=C(CNC(=O)C1CC(=O)N(C2CCCCC2)C1)Nc1ccc(F)c(Cl)c1. The van der Waals surface area contributed by atoms with Gasteiger partial charge < -0.3 is 15.5 Å². The molecule has 2 aliphatic rings. The van der Waals surface area contributed by atoms with Crippen LogP contribution in [0.4, 0.5) is 10.1 Å². The Labute approximate surface area is 162 Å². The molecule has 3 amide bonds. The molecule has 2 fully saturated rings. The number of benzene rings is 1. The number of nitrogens with one attached hydrogen (secondary N) is 2. The molecular weight excluding hydrogens is 373 g/mol. The van der Waals surface area contributed by atoms with E-state index in [4.69, 9.17) is 11.6 Å². The predicted octanol–water partition coefficient (Wildman–Crippen LogP) is 2.71.